The summed E-state index contributed by atoms with van der Waals surface area (Å²) in [5, 5.41) is 0. The lowest BCUT2D eigenvalue weighted by Crippen LogP contribution is -1.99. The Labute approximate surface area is 134 Å². The number of aromatic nitrogens is 1. The minimum atomic E-state index is -0.297. The number of pyridine rings is 1. The van der Waals surface area contributed by atoms with Crippen LogP contribution in [0.5, 0.6) is 5.88 Å². The molecule has 3 nitrogen and oxygen atoms in total. The summed E-state index contributed by atoms with van der Waals surface area (Å²) < 4.78 is 19.4. The average Bonchev–Trinajstić information content (AvgIpc) is 2.61. The first-order valence-corrected chi connectivity index (χ1v) is 7.38. The molecule has 0 saturated heterocycles. The molecule has 0 aliphatic carbocycles. The predicted molar refractivity (Wildman–Crippen MR) is 88.3 cm³/mol. The van der Waals surface area contributed by atoms with Crippen LogP contribution in [-0.2, 0) is 13.2 Å². The van der Waals surface area contributed by atoms with Gasteiger partial charge in [-0.15, -0.1) is 0 Å². The Morgan fingerprint density at radius 3 is 2.39 bits per heavy atom. The first-order chi connectivity index (χ1) is 11.3. The minimum Gasteiger partial charge on any atom is -0.473 e. The van der Waals surface area contributed by atoms with Crippen LogP contribution in [-0.4, -0.2) is 4.98 Å². The van der Waals surface area contributed by atoms with E-state index in [2.05, 4.69) is 4.98 Å². The lowest BCUT2D eigenvalue weighted by molar-refractivity contribution is 0.294. The molecular formula is C19H17FN2O. The van der Waals surface area contributed by atoms with Gasteiger partial charge in [0.15, 0.2) is 0 Å². The van der Waals surface area contributed by atoms with Crippen LogP contribution in [0.1, 0.15) is 11.1 Å². The predicted octanol–water partition coefficient (Wildman–Crippen LogP) is 3.93. The number of hydrogen-bond donors (Lipinski definition) is 1. The maximum Gasteiger partial charge on any atom is 0.213 e. The van der Waals surface area contributed by atoms with Crippen molar-refractivity contribution in [1.82, 2.24) is 4.98 Å². The Bertz CT molecular complexity index is 773. The normalized spacial score (nSPS) is 10.5. The van der Waals surface area contributed by atoms with Crippen molar-refractivity contribution in [2.45, 2.75) is 13.2 Å². The second-order valence-corrected chi connectivity index (χ2v) is 5.17. The summed E-state index contributed by atoms with van der Waals surface area (Å²) in [6.07, 6.45) is 1.68. The summed E-state index contributed by atoms with van der Waals surface area (Å²) in [6, 6.07) is 18.6. The highest BCUT2D eigenvalue weighted by molar-refractivity contribution is 5.63. The van der Waals surface area contributed by atoms with Crippen molar-refractivity contribution in [2.75, 3.05) is 0 Å². The van der Waals surface area contributed by atoms with Gasteiger partial charge in [0.25, 0.3) is 0 Å². The maximum atomic E-state index is 13.8. The van der Waals surface area contributed by atoms with Gasteiger partial charge in [0.05, 0.1) is 0 Å². The third kappa shape index (κ3) is 3.73. The molecule has 3 rings (SSSR count). The van der Waals surface area contributed by atoms with Crippen LogP contribution in [0.2, 0.25) is 0 Å². The molecule has 2 N–H and O–H groups in total. The molecule has 1 aromatic heterocycles. The van der Waals surface area contributed by atoms with Crippen molar-refractivity contribution in [3.05, 3.63) is 83.8 Å². The van der Waals surface area contributed by atoms with Gasteiger partial charge in [-0.2, -0.15) is 0 Å². The Hall–Kier alpha value is -2.72. The van der Waals surface area contributed by atoms with Crippen LogP contribution >= 0.6 is 0 Å². The standard InChI is InChI=1S/C19H17FN2O/c20-18-10-15(6-7-16(18)11-21)17-8-9-19(22-12-17)23-13-14-4-2-1-3-5-14/h1-10,12H,11,13,21H2. The third-order valence-electron chi connectivity index (χ3n) is 3.57. The van der Waals surface area contributed by atoms with Gasteiger partial charge in [0, 0.05) is 29.9 Å². The molecule has 0 saturated carbocycles. The fraction of sp³-hybridized carbons (Fsp3) is 0.105. The van der Waals surface area contributed by atoms with Crippen molar-refractivity contribution in [3.8, 4) is 17.0 Å². The van der Waals surface area contributed by atoms with Crippen molar-refractivity contribution < 1.29 is 9.13 Å². The van der Waals surface area contributed by atoms with Crippen LogP contribution in [0.4, 0.5) is 4.39 Å². The zero-order chi connectivity index (χ0) is 16.1. The highest BCUT2D eigenvalue weighted by atomic mass is 19.1. The van der Waals surface area contributed by atoms with Crippen molar-refractivity contribution in [1.29, 1.82) is 0 Å². The zero-order valence-electron chi connectivity index (χ0n) is 12.6. The number of benzene rings is 2. The van der Waals surface area contributed by atoms with Gasteiger partial charge >= 0.3 is 0 Å². The van der Waals surface area contributed by atoms with Crippen LogP contribution < -0.4 is 10.5 Å². The molecule has 23 heavy (non-hydrogen) atoms. The van der Waals surface area contributed by atoms with E-state index in [0.29, 0.717) is 18.1 Å². The monoisotopic (exact) mass is 308 g/mol. The van der Waals surface area contributed by atoms with Crippen LogP contribution in [0.15, 0.2) is 66.9 Å². The molecule has 0 bridgehead atoms. The number of nitrogens with two attached hydrogens (primary N) is 1. The van der Waals surface area contributed by atoms with Crippen molar-refractivity contribution >= 4 is 0 Å². The van der Waals surface area contributed by atoms with E-state index in [1.165, 1.54) is 6.07 Å². The van der Waals surface area contributed by atoms with E-state index in [1.807, 2.05) is 42.5 Å². The molecule has 0 fully saturated rings. The molecule has 0 spiro atoms. The van der Waals surface area contributed by atoms with Crippen LogP contribution in [0, 0.1) is 5.82 Å². The number of nitrogens with zero attached hydrogens (tertiary/aromatic N) is 1. The Morgan fingerprint density at radius 1 is 0.957 bits per heavy atom. The lowest BCUT2D eigenvalue weighted by Gasteiger charge is -2.07. The highest BCUT2D eigenvalue weighted by Crippen LogP contribution is 2.23. The molecule has 1 heterocycles. The Kier molecular flexibility index (Phi) is 4.64. The van der Waals surface area contributed by atoms with E-state index in [1.54, 1.807) is 18.3 Å². The van der Waals surface area contributed by atoms with Gasteiger partial charge < -0.3 is 10.5 Å². The first-order valence-electron chi connectivity index (χ1n) is 7.38. The van der Waals surface area contributed by atoms with E-state index in [-0.39, 0.29) is 12.4 Å². The zero-order valence-corrected chi connectivity index (χ0v) is 12.6. The molecule has 116 valence electrons. The maximum absolute atomic E-state index is 13.8. The van der Waals surface area contributed by atoms with Gasteiger partial charge in [0.1, 0.15) is 12.4 Å². The first kappa shape index (κ1) is 15.2. The average molecular weight is 308 g/mol. The van der Waals surface area contributed by atoms with E-state index in [0.717, 1.165) is 16.7 Å². The number of rotatable bonds is 5. The quantitative estimate of drug-likeness (QED) is 0.777. The van der Waals surface area contributed by atoms with E-state index < -0.39 is 0 Å². The molecule has 0 radical (unpaired) electrons. The van der Waals surface area contributed by atoms with Crippen molar-refractivity contribution in [3.63, 3.8) is 0 Å². The molecule has 0 amide bonds. The van der Waals surface area contributed by atoms with Crippen molar-refractivity contribution in [2.24, 2.45) is 5.73 Å². The number of ether oxygens (including phenoxy) is 1. The second kappa shape index (κ2) is 7.03. The van der Waals surface area contributed by atoms with E-state index >= 15 is 0 Å². The minimum absolute atomic E-state index is 0.191. The number of halogens is 1. The molecule has 0 aliphatic heterocycles. The molecule has 0 aliphatic rings. The van der Waals surface area contributed by atoms with Gasteiger partial charge in [0.2, 0.25) is 5.88 Å². The summed E-state index contributed by atoms with van der Waals surface area (Å²) in [4.78, 5) is 4.27. The smallest absolute Gasteiger partial charge is 0.213 e. The van der Waals surface area contributed by atoms with E-state index in [4.69, 9.17) is 10.5 Å². The summed E-state index contributed by atoms with van der Waals surface area (Å²) in [6.45, 7) is 0.656. The van der Waals surface area contributed by atoms with Gasteiger partial charge in [-0.3, -0.25) is 0 Å². The molecule has 0 unspecified atom stereocenters. The summed E-state index contributed by atoms with van der Waals surface area (Å²) in [5.41, 5.74) is 8.66. The number of hydrogen-bond acceptors (Lipinski definition) is 3. The third-order valence-corrected chi connectivity index (χ3v) is 3.57. The summed E-state index contributed by atoms with van der Waals surface area (Å²) in [5.74, 6) is 0.242. The topological polar surface area (TPSA) is 48.1 Å². The largest absolute Gasteiger partial charge is 0.473 e. The second-order valence-electron chi connectivity index (χ2n) is 5.17. The fourth-order valence-corrected chi connectivity index (χ4v) is 2.26. The Morgan fingerprint density at radius 2 is 1.74 bits per heavy atom. The summed E-state index contributed by atoms with van der Waals surface area (Å²) >= 11 is 0. The lowest BCUT2D eigenvalue weighted by atomic mass is 10.1. The molecular weight excluding hydrogens is 291 g/mol. The van der Waals surface area contributed by atoms with Crippen LogP contribution in [0.3, 0.4) is 0 Å². The molecule has 4 heteroatoms. The molecule has 3 aromatic rings. The fourth-order valence-electron chi connectivity index (χ4n) is 2.26. The van der Waals surface area contributed by atoms with Gasteiger partial charge in [-0.1, -0.05) is 42.5 Å². The van der Waals surface area contributed by atoms with Gasteiger partial charge in [-0.25, -0.2) is 9.37 Å². The SMILES string of the molecule is NCc1ccc(-c2ccc(OCc3ccccc3)nc2)cc1F. The Balaban J connectivity index is 1.70. The van der Waals surface area contributed by atoms with E-state index in [9.17, 15) is 4.39 Å². The van der Waals surface area contributed by atoms with Crippen LogP contribution in [0.25, 0.3) is 11.1 Å². The summed E-state index contributed by atoms with van der Waals surface area (Å²) in [7, 11) is 0. The molecule has 0 atom stereocenters. The molecule has 2 aromatic carbocycles. The highest BCUT2D eigenvalue weighted by Gasteiger charge is 2.05. The van der Waals surface area contributed by atoms with Gasteiger partial charge in [-0.05, 0) is 23.3 Å².